The van der Waals surface area contributed by atoms with E-state index < -0.39 is 0 Å². The van der Waals surface area contributed by atoms with Crippen molar-refractivity contribution in [1.29, 1.82) is 0 Å². The lowest BCUT2D eigenvalue weighted by Gasteiger charge is -2.07. The molecule has 1 aromatic heterocycles. The van der Waals surface area contributed by atoms with Gasteiger partial charge in [-0.2, -0.15) is 9.97 Å². The van der Waals surface area contributed by atoms with Gasteiger partial charge in [-0.05, 0) is 13.3 Å². The smallest absolute Gasteiger partial charge is 0.223 e. The number of nitrogen functional groups attached to an aromatic ring is 1. The lowest BCUT2D eigenvalue weighted by molar-refractivity contribution is 0.966. The summed E-state index contributed by atoms with van der Waals surface area (Å²) < 4.78 is 0. The average molecular weight is 195 g/mol. The van der Waals surface area contributed by atoms with E-state index in [1.165, 1.54) is 0 Å². The number of hydrogen-bond acceptors (Lipinski definition) is 5. The van der Waals surface area contributed by atoms with Crippen LogP contribution in [0.5, 0.6) is 0 Å². The Bertz CT molecular complexity index is 287. The van der Waals surface area contributed by atoms with Crippen molar-refractivity contribution in [3.05, 3.63) is 6.07 Å². The van der Waals surface area contributed by atoms with Gasteiger partial charge in [-0.3, -0.25) is 0 Å². The maximum absolute atomic E-state index is 5.56. The van der Waals surface area contributed by atoms with E-state index in [0.29, 0.717) is 5.95 Å². The van der Waals surface area contributed by atoms with Gasteiger partial charge in [0.2, 0.25) is 5.95 Å². The van der Waals surface area contributed by atoms with Crippen molar-refractivity contribution in [2.75, 3.05) is 29.5 Å². The maximum atomic E-state index is 5.56. The molecule has 0 radical (unpaired) electrons. The number of aromatic nitrogens is 2. The Kier molecular flexibility index (Phi) is 3.97. The SMILES string of the molecule is CCCNc1cc(NCC)nc(N)n1. The Morgan fingerprint density at radius 1 is 1.21 bits per heavy atom. The van der Waals surface area contributed by atoms with Gasteiger partial charge < -0.3 is 16.4 Å². The number of nitrogens with zero attached hydrogens (tertiary/aromatic N) is 2. The molecule has 0 unspecified atom stereocenters. The Morgan fingerprint density at radius 2 is 1.86 bits per heavy atom. The van der Waals surface area contributed by atoms with Gasteiger partial charge in [0, 0.05) is 19.2 Å². The lowest BCUT2D eigenvalue weighted by Crippen LogP contribution is -2.08. The third kappa shape index (κ3) is 3.08. The molecule has 78 valence electrons. The van der Waals surface area contributed by atoms with E-state index >= 15 is 0 Å². The third-order valence-corrected chi connectivity index (χ3v) is 1.66. The molecule has 14 heavy (non-hydrogen) atoms. The molecule has 1 heterocycles. The van der Waals surface area contributed by atoms with Crippen molar-refractivity contribution >= 4 is 17.6 Å². The largest absolute Gasteiger partial charge is 0.370 e. The molecule has 0 aliphatic heterocycles. The van der Waals surface area contributed by atoms with E-state index in [4.69, 9.17) is 5.73 Å². The van der Waals surface area contributed by atoms with Crippen LogP contribution in [0.4, 0.5) is 17.6 Å². The summed E-state index contributed by atoms with van der Waals surface area (Å²) in [6.07, 6.45) is 1.06. The van der Waals surface area contributed by atoms with Crippen LogP contribution in [0.3, 0.4) is 0 Å². The standard InChI is InChI=1S/C9H17N5/c1-3-5-12-8-6-7(11-4-2)13-9(10)14-8/h6H,3-5H2,1-2H3,(H4,10,11,12,13,14). The van der Waals surface area contributed by atoms with Crippen LogP contribution in [0.2, 0.25) is 0 Å². The minimum absolute atomic E-state index is 0.294. The first-order valence-corrected chi connectivity index (χ1v) is 4.88. The molecule has 0 aromatic carbocycles. The molecule has 4 N–H and O–H groups in total. The summed E-state index contributed by atoms with van der Waals surface area (Å²) in [5, 5.41) is 6.26. The summed E-state index contributed by atoms with van der Waals surface area (Å²) in [6, 6.07) is 1.86. The van der Waals surface area contributed by atoms with Gasteiger partial charge in [0.15, 0.2) is 0 Å². The van der Waals surface area contributed by atoms with Gasteiger partial charge in [0.05, 0.1) is 0 Å². The second kappa shape index (κ2) is 5.26. The lowest BCUT2D eigenvalue weighted by atomic mass is 10.4. The average Bonchev–Trinajstić information content (AvgIpc) is 2.14. The van der Waals surface area contributed by atoms with E-state index in [-0.39, 0.29) is 0 Å². The molecule has 0 spiro atoms. The zero-order valence-electron chi connectivity index (χ0n) is 8.67. The summed E-state index contributed by atoms with van der Waals surface area (Å²) in [6.45, 7) is 5.83. The predicted octanol–water partition coefficient (Wildman–Crippen LogP) is 1.31. The molecule has 0 bridgehead atoms. The van der Waals surface area contributed by atoms with Crippen LogP contribution in [0.25, 0.3) is 0 Å². The first-order chi connectivity index (χ1) is 6.76. The van der Waals surface area contributed by atoms with Crippen molar-refractivity contribution in [3.63, 3.8) is 0 Å². The van der Waals surface area contributed by atoms with Crippen molar-refractivity contribution < 1.29 is 0 Å². The fourth-order valence-corrected chi connectivity index (χ4v) is 1.08. The minimum Gasteiger partial charge on any atom is -0.370 e. The zero-order valence-corrected chi connectivity index (χ0v) is 8.67. The molecular weight excluding hydrogens is 178 g/mol. The highest BCUT2D eigenvalue weighted by atomic mass is 15.1. The number of anilines is 3. The van der Waals surface area contributed by atoms with Crippen LogP contribution in [0, 0.1) is 0 Å². The summed E-state index contributed by atoms with van der Waals surface area (Å²) in [5.74, 6) is 1.83. The molecule has 0 amide bonds. The Hall–Kier alpha value is -1.52. The van der Waals surface area contributed by atoms with Crippen LogP contribution in [0.15, 0.2) is 6.07 Å². The van der Waals surface area contributed by atoms with E-state index in [9.17, 15) is 0 Å². The van der Waals surface area contributed by atoms with E-state index in [1.807, 2.05) is 13.0 Å². The second-order valence-electron chi connectivity index (χ2n) is 2.95. The van der Waals surface area contributed by atoms with E-state index in [0.717, 1.165) is 31.1 Å². The van der Waals surface area contributed by atoms with Crippen LogP contribution < -0.4 is 16.4 Å². The molecule has 0 fully saturated rings. The quantitative estimate of drug-likeness (QED) is 0.660. The van der Waals surface area contributed by atoms with Gasteiger partial charge in [-0.25, -0.2) is 0 Å². The molecule has 0 aliphatic carbocycles. The molecule has 0 aliphatic rings. The summed E-state index contributed by atoms with van der Waals surface area (Å²) in [5.41, 5.74) is 5.56. The van der Waals surface area contributed by atoms with Crippen molar-refractivity contribution in [2.45, 2.75) is 20.3 Å². The Morgan fingerprint density at radius 3 is 2.43 bits per heavy atom. The van der Waals surface area contributed by atoms with E-state index in [2.05, 4.69) is 27.5 Å². The molecular formula is C9H17N5. The van der Waals surface area contributed by atoms with Crippen LogP contribution >= 0.6 is 0 Å². The third-order valence-electron chi connectivity index (χ3n) is 1.66. The Balaban J connectivity index is 2.73. The van der Waals surface area contributed by atoms with Gasteiger partial charge >= 0.3 is 0 Å². The van der Waals surface area contributed by atoms with Gasteiger partial charge in [0.25, 0.3) is 0 Å². The summed E-state index contributed by atoms with van der Waals surface area (Å²) in [4.78, 5) is 8.12. The molecule has 0 saturated heterocycles. The van der Waals surface area contributed by atoms with Gasteiger partial charge in [-0.15, -0.1) is 0 Å². The highest BCUT2D eigenvalue weighted by Gasteiger charge is 1.99. The normalized spacial score (nSPS) is 9.86. The minimum atomic E-state index is 0.294. The van der Waals surface area contributed by atoms with Gasteiger partial charge in [0.1, 0.15) is 11.6 Å². The first kappa shape index (κ1) is 10.6. The number of nitrogens with two attached hydrogens (primary N) is 1. The number of hydrogen-bond donors (Lipinski definition) is 3. The fourth-order valence-electron chi connectivity index (χ4n) is 1.08. The fraction of sp³-hybridized carbons (Fsp3) is 0.556. The van der Waals surface area contributed by atoms with Crippen molar-refractivity contribution in [1.82, 2.24) is 9.97 Å². The number of nitrogens with one attached hydrogen (secondary N) is 2. The van der Waals surface area contributed by atoms with Crippen LogP contribution in [-0.4, -0.2) is 23.1 Å². The molecule has 1 rings (SSSR count). The predicted molar refractivity (Wildman–Crippen MR) is 59.4 cm³/mol. The van der Waals surface area contributed by atoms with Crippen LogP contribution in [0.1, 0.15) is 20.3 Å². The summed E-state index contributed by atoms with van der Waals surface area (Å²) in [7, 11) is 0. The molecule has 5 nitrogen and oxygen atoms in total. The maximum Gasteiger partial charge on any atom is 0.223 e. The highest BCUT2D eigenvalue weighted by Crippen LogP contribution is 2.11. The van der Waals surface area contributed by atoms with Crippen LogP contribution in [-0.2, 0) is 0 Å². The molecule has 0 atom stereocenters. The number of rotatable bonds is 5. The highest BCUT2D eigenvalue weighted by molar-refractivity contribution is 5.50. The molecule has 1 aromatic rings. The Labute approximate surface area is 84.1 Å². The zero-order chi connectivity index (χ0) is 10.4. The summed E-state index contributed by atoms with van der Waals surface area (Å²) >= 11 is 0. The monoisotopic (exact) mass is 195 g/mol. The van der Waals surface area contributed by atoms with Crippen molar-refractivity contribution in [3.8, 4) is 0 Å². The first-order valence-electron chi connectivity index (χ1n) is 4.88. The molecule has 0 saturated carbocycles. The van der Waals surface area contributed by atoms with Crippen molar-refractivity contribution in [2.24, 2.45) is 0 Å². The topological polar surface area (TPSA) is 75.9 Å². The second-order valence-corrected chi connectivity index (χ2v) is 2.95. The van der Waals surface area contributed by atoms with Gasteiger partial charge in [-0.1, -0.05) is 6.92 Å². The molecule has 5 heteroatoms. The van der Waals surface area contributed by atoms with E-state index in [1.54, 1.807) is 0 Å².